The van der Waals surface area contributed by atoms with E-state index < -0.39 is 6.10 Å². The van der Waals surface area contributed by atoms with Gasteiger partial charge in [-0.25, -0.2) is 0 Å². The van der Waals surface area contributed by atoms with E-state index in [2.05, 4.69) is 17.2 Å². The Kier molecular flexibility index (Phi) is 10.9. The summed E-state index contributed by atoms with van der Waals surface area (Å²) in [6.07, 6.45) is 9.01. The molecule has 137 valence electrons. The molecule has 4 nitrogen and oxygen atoms in total. The zero-order valence-corrected chi connectivity index (χ0v) is 18.1. The van der Waals surface area contributed by atoms with Crippen LogP contribution in [0.1, 0.15) is 43.4 Å². The number of carbonyl (C=O) groups excluding carboxylic acids is 1. The van der Waals surface area contributed by atoms with E-state index in [1.165, 1.54) is 5.56 Å². The first-order valence-electron chi connectivity index (χ1n) is 8.77. The second kappa shape index (κ2) is 12.3. The molecule has 1 aromatic carbocycles. The van der Waals surface area contributed by atoms with Gasteiger partial charge in [0.1, 0.15) is 0 Å². The summed E-state index contributed by atoms with van der Waals surface area (Å²) >= 11 is 0. The number of nitrogens with one attached hydrogen (secondary N) is 1. The van der Waals surface area contributed by atoms with E-state index in [1.54, 1.807) is 25.7 Å². The van der Waals surface area contributed by atoms with Gasteiger partial charge in [0.2, 0.25) is 0 Å². The second-order valence-corrected chi connectivity index (χ2v) is 6.30. The SMILES string of the molecule is O=[C-]Nc1ccc(CC2CC[C@H]([C@H](O)c3cccnc3)C2)cc1.[CH2-]C.[Y]. The number of nitrogens with zero attached hydrogens (tertiary/aromatic N) is 1. The third kappa shape index (κ3) is 6.57. The number of hydrogen-bond acceptors (Lipinski definition) is 3. The van der Waals surface area contributed by atoms with Crippen LogP contribution >= 0.6 is 0 Å². The Morgan fingerprint density at radius 2 is 2.00 bits per heavy atom. The van der Waals surface area contributed by atoms with Gasteiger partial charge in [-0.1, -0.05) is 23.8 Å². The molecule has 2 N–H and O–H groups in total. The van der Waals surface area contributed by atoms with Crippen molar-refractivity contribution in [2.75, 3.05) is 5.32 Å². The number of rotatable bonds is 6. The van der Waals surface area contributed by atoms with Crippen LogP contribution in [-0.2, 0) is 43.9 Å². The minimum absolute atomic E-state index is 0. The Balaban J connectivity index is 0.00000109. The molecule has 2 aromatic rings. The Morgan fingerprint density at radius 1 is 1.27 bits per heavy atom. The summed E-state index contributed by atoms with van der Waals surface area (Å²) in [5.41, 5.74) is 2.95. The number of pyridine rings is 1. The maximum Gasteiger partial charge on any atom is 0.0833 e. The van der Waals surface area contributed by atoms with Crippen LogP contribution in [0.2, 0.25) is 0 Å². The van der Waals surface area contributed by atoms with Crippen LogP contribution in [0.3, 0.4) is 0 Å². The van der Waals surface area contributed by atoms with Gasteiger partial charge in [-0.3, -0.25) is 4.98 Å². The van der Waals surface area contributed by atoms with Crippen molar-refractivity contribution < 1.29 is 42.6 Å². The summed E-state index contributed by atoms with van der Waals surface area (Å²) in [6.45, 7) is 5.00. The van der Waals surface area contributed by atoms with Crippen molar-refractivity contribution >= 4 is 12.1 Å². The zero-order chi connectivity index (χ0) is 18.1. The van der Waals surface area contributed by atoms with Gasteiger partial charge in [0.25, 0.3) is 0 Å². The molecule has 1 unspecified atom stereocenters. The van der Waals surface area contributed by atoms with Crippen LogP contribution in [0.15, 0.2) is 48.8 Å². The first-order valence-corrected chi connectivity index (χ1v) is 8.77. The first kappa shape index (κ1) is 22.9. The average Bonchev–Trinajstić information content (AvgIpc) is 3.14. The number of hydrogen-bond donors (Lipinski definition) is 2. The largest absolute Gasteiger partial charge is 0.490 e. The number of aliphatic hydroxyl groups is 1. The van der Waals surface area contributed by atoms with Gasteiger partial charge in [0.15, 0.2) is 0 Å². The summed E-state index contributed by atoms with van der Waals surface area (Å²) in [5.74, 6) is 0.914. The fourth-order valence-electron chi connectivity index (χ4n) is 3.53. The van der Waals surface area contributed by atoms with Crippen LogP contribution < -0.4 is 5.32 Å². The van der Waals surface area contributed by atoms with Crippen LogP contribution in [0.5, 0.6) is 0 Å². The van der Waals surface area contributed by atoms with Gasteiger partial charge in [-0.2, -0.15) is 6.92 Å². The monoisotopic (exact) mass is 427 g/mol. The predicted octanol–water partition coefficient (Wildman–Crippen LogP) is 4.09. The molecule has 1 aromatic heterocycles. The number of amides is 1. The number of anilines is 1. The molecule has 1 fully saturated rings. The smallest absolute Gasteiger partial charge is 0.0833 e. The molecule has 3 atom stereocenters. The molecular formula is C21H26N2O2Y-2. The molecular weight excluding hydrogens is 401 g/mol. The van der Waals surface area contributed by atoms with E-state index in [-0.39, 0.29) is 32.7 Å². The van der Waals surface area contributed by atoms with Gasteiger partial charge in [0, 0.05) is 45.1 Å². The molecule has 1 heterocycles. The molecule has 26 heavy (non-hydrogen) atoms. The van der Waals surface area contributed by atoms with E-state index >= 15 is 0 Å². The fourth-order valence-corrected chi connectivity index (χ4v) is 3.53. The Bertz CT molecular complexity index is 634. The van der Waals surface area contributed by atoms with Crippen molar-refractivity contribution in [1.82, 2.24) is 4.98 Å². The van der Waals surface area contributed by atoms with Crippen LogP contribution in [0.25, 0.3) is 0 Å². The zero-order valence-electron chi connectivity index (χ0n) is 15.3. The summed E-state index contributed by atoms with van der Waals surface area (Å²) in [6, 6.07) is 11.7. The molecule has 1 amide bonds. The molecule has 1 radical (unpaired) electrons. The molecule has 1 aliphatic rings. The third-order valence-corrected chi connectivity index (χ3v) is 4.73. The molecule has 1 aliphatic carbocycles. The topological polar surface area (TPSA) is 62.2 Å². The van der Waals surface area contributed by atoms with Crippen LogP contribution in [0.4, 0.5) is 5.69 Å². The van der Waals surface area contributed by atoms with E-state index in [9.17, 15) is 9.90 Å². The first-order chi connectivity index (χ1) is 12.3. The van der Waals surface area contributed by atoms with Crippen molar-refractivity contribution in [1.29, 1.82) is 0 Å². The third-order valence-electron chi connectivity index (χ3n) is 4.73. The number of benzene rings is 1. The second-order valence-electron chi connectivity index (χ2n) is 6.30. The average molecular weight is 427 g/mol. The molecule has 0 saturated heterocycles. The maximum atomic E-state index is 10.5. The minimum atomic E-state index is -0.414. The van der Waals surface area contributed by atoms with Gasteiger partial charge in [0.05, 0.1) is 12.5 Å². The molecule has 0 aliphatic heterocycles. The quantitative estimate of drug-likeness (QED) is 0.539. The maximum absolute atomic E-state index is 10.5. The van der Waals surface area contributed by atoms with E-state index in [0.717, 1.165) is 36.9 Å². The standard InChI is InChI=1S/C19H21N2O2.C2H5.Y/c22-13-21-18-7-4-14(5-8-18)10-15-3-6-16(11-15)19(23)17-2-1-9-20-12-17;1-2;/h1-2,4-5,7-9,12,15-16,19,23H,3,6,10-11H2,(H,21,22);1H2,2H3;/q2*-1;/t15?,16-,19-;;/m0../s1. The van der Waals surface area contributed by atoms with Crippen molar-refractivity contribution in [2.24, 2.45) is 11.8 Å². The summed E-state index contributed by atoms with van der Waals surface area (Å²) in [5, 5.41) is 13.0. The molecule has 0 spiro atoms. The van der Waals surface area contributed by atoms with E-state index in [4.69, 9.17) is 0 Å². The number of aliphatic hydroxyl groups excluding tert-OH is 1. The predicted molar refractivity (Wildman–Crippen MR) is 101 cm³/mol. The molecule has 5 heteroatoms. The Morgan fingerprint density at radius 3 is 2.62 bits per heavy atom. The minimum Gasteiger partial charge on any atom is -0.490 e. The number of aromatic nitrogens is 1. The van der Waals surface area contributed by atoms with Crippen molar-refractivity contribution in [3.05, 3.63) is 66.8 Å². The summed E-state index contributed by atoms with van der Waals surface area (Å²) < 4.78 is 0. The van der Waals surface area contributed by atoms with Crippen LogP contribution in [0, 0.1) is 18.8 Å². The Labute approximate surface area is 181 Å². The fraction of sp³-hybridized carbons (Fsp3) is 0.381. The Hall–Kier alpha value is -1.10. The molecule has 3 rings (SSSR count). The van der Waals surface area contributed by atoms with E-state index in [1.807, 2.05) is 36.4 Å². The summed E-state index contributed by atoms with van der Waals surface area (Å²) in [4.78, 5) is 14.4. The summed E-state index contributed by atoms with van der Waals surface area (Å²) in [7, 11) is 0. The molecule has 0 bridgehead atoms. The van der Waals surface area contributed by atoms with Gasteiger partial charge >= 0.3 is 0 Å². The van der Waals surface area contributed by atoms with Gasteiger partial charge in [-0.05, 0) is 49.1 Å². The van der Waals surface area contributed by atoms with Gasteiger partial charge < -0.3 is 22.1 Å². The molecule has 1 saturated carbocycles. The van der Waals surface area contributed by atoms with Gasteiger partial charge in [-0.15, -0.1) is 17.8 Å². The van der Waals surface area contributed by atoms with Crippen LogP contribution in [-0.4, -0.2) is 16.5 Å². The normalized spacial score (nSPS) is 19.5. The van der Waals surface area contributed by atoms with Crippen molar-refractivity contribution in [2.45, 2.75) is 38.7 Å². The van der Waals surface area contributed by atoms with E-state index in [0.29, 0.717) is 11.8 Å². The van der Waals surface area contributed by atoms with Crippen molar-refractivity contribution in [3.8, 4) is 0 Å². The van der Waals surface area contributed by atoms with Crippen molar-refractivity contribution in [3.63, 3.8) is 0 Å².